The molecule has 1 heterocycles. The molecule has 0 aliphatic heterocycles. The lowest BCUT2D eigenvalue weighted by molar-refractivity contribution is 0.191. The molecular formula is C14H17N3O2. The average molecular weight is 259 g/mol. The largest absolute Gasteiger partial charge is 0.481 e. The van der Waals surface area contributed by atoms with Gasteiger partial charge in [-0.25, -0.2) is 4.98 Å². The van der Waals surface area contributed by atoms with Crippen molar-refractivity contribution < 1.29 is 9.84 Å². The van der Waals surface area contributed by atoms with E-state index in [-0.39, 0.29) is 0 Å². The van der Waals surface area contributed by atoms with Crippen molar-refractivity contribution in [2.75, 3.05) is 19.0 Å². The molecule has 0 aliphatic carbocycles. The highest BCUT2D eigenvalue weighted by molar-refractivity contribution is 5.30. The fourth-order valence-corrected chi connectivity index (χ4v) is 1.72. The van der Waals surface area contributed by atoms with Crippen LogP contribution in [0.25, 0.3) is 0 Å². The van der Waals surface area contributed by atoms with Gasteiger partial charge in [0, 0.05) is 18.8 Å². The number of nitrogens with one attached hydrogen (secondary N) is 1. The molecule has 1 atom stereocenters. The Morgan fingerprint density at radius 3 is 2.95 bits per heavy atom. The van der Waals surface area contributed by atoms with Gasteiger partial charge in [-0.1, -0.05) is 29.8 Å². The molecule has 0 bridgehead atoms. The second-order valence-corrected chi connectivity index (χ2v) is 4.23. The Kier molecular flexibility index (Phi) is 4.30. The topological polar surface area (TPSA) is 67.3 Å². The van der Waals surface area contributed by atoms with E-state index in [4.69, 9.17) is 4.74 Å². The number of rotatable bonds is 5. The summed E-state index contributed by atoms with van der Waals surface area (Å²) in [7, 11) is 1.55. The van der Waals surface area contributed by atoms with Gasteiger partial charge in [0.25, 0.3) is 0 Å². The van der Waals surface area contributed by atoms with Crippen molar-refractivity contribution in [3.63, 3.8) is 0 Å². The van der Waals surface area contributed by atoms with Gasteiger partial charge in [-0.15, -0.1) is 0 Å². The van der Waals surface area contributed by atoms with E-state index >= 15 is 0 Å². The van der Waals surface area contributed by atoms with Crippen LogP contribution in [0.15, 0.2) is 36.5 Å². The number of hydrogen-bond donors (Lipinski definition) is 2. The van der Waals surface area contributed by atoms with Gasteiger partial charge < -0.3 is 15.2 Å². The molecule has 0 aliphatic rings. The molecule has 5 nitrogen and oxygen atoms in total. The second kappa shape index (κ2) is 6.15. The van der Waals surface area contributed by atoms with E-state index in [1.165, 1.54) is 0 Å². The maximum atomic E-state index is 10.1. The molecule has 0 spiro atoms. The first-order valence-corrected chi connectivity index (χ1v) is 6.04. The maximum absolute atomic E-state index is 10.1. The summed E-state index contributed by atoms with van der Waals surface area (Å²) in [4.78, 5) is 8.18. The Hall–Kier alpha value is -2.14. The Morgan fingerprint density at radius 1 is 1.37 bits per heavy atom. The zero-order valence-electron chi connectivity index (χ0n) is 11.0. The lowest BCUT2D eigenvalue weighted by Crippen LogP contribution is -2.14. The molecule has 2 N–H and O–H groups in total. The van der Waals surface area contributed by atoms with Crippen molar-refractivity contribution in [1.82, 2.24) is 9.97 Å². The number of nitrogens with zero attached hydrogens (tertiary/aromatic N) is 2. The van der Waals surface area contributed by atoms with E-state index in [0.717, 1.165) is 11.1 Å². The van der Waals surface area contributed by atoms with Crippen LogP contribution >= 0.6 is 0 Å². The number of ether oxygens (including phenoxy) is 1. The maximum Gasteiger partial charge on any atom is 0.226 e. The SMILES string of the molecule is COc1ccnc(NCC(O)c2cccc(C)c2)n1. The summed E-state index contributed by atoms with van der Waals surface area (Å²) in [5.74, 6) is 0.925. The van der Waals surface area contributed by atoms with Crippen LogP contribution in [-0.4, -0.2) is 28.7 Å². The summed E-state index contributed by atoms with van der Waals surface area (Å²) in [5, 5.41) is 13.1. The number of aliphatic hydroxyl groups is 1. The summed E-state index contributed by atoms with van der Waals surface area (Å²) in [6.07, 6.45) is 1.00. The van der Waals surface area contributed by atoms with Crippen molar-refractivity contribution in [2.24, 2.45) is 0 Å². The van der Waals surface area contributed by atoms with E-state index in [1.54, 1.807) is 19.4 Å². The molecule has 0 saturated carbocycles. The van der Waals surface area contributed by atoms with Crippen molar-refractivity contribution >= 4 is 5.95 Å². The van der Waals surface area contributed by atoms with Crippen LogP contribution in [0.2, 0.25) is 0 Å². The van der Waals surface area contributed by atoms with Gasteiger partial charge in [0.2, 0.25) is 11.8 Å². The van der Waals surface area contributed by atoms with Crippen LogP contribution < -0.4 is 10.1 Å². The van der Waals surface area contributed by atoms with Crippen LogP contribution in [0.4, 0.5) is 5.95 Å². The highest BCUT2D eigenvalue weighted by Gasteiger charge is 2.08. The molecule has 0 radical (unpaired) electrons. The van der Waals surface area contributed by atoms with E-state index < -0.39 is 6.10 Å². The van der Waals surface area contributed by atoms with Crippen molar-refractivity contribution in [3.05, 3.63) is 47.7 Å². The number of benzene rings is 1. The average Bonchev–Trinajstić information content (AvgIpc) is 2.45. The summed E-state index contributed by atoms with van der Waals surface area (Å²) in [6, 6.07) is 9.44. The molecule has 2 rings (SSSR count). The molecule has 1 aromatic carbocycles. The lowest BCUT2D eigenvalue weighted by atomic mass is 10.1. The smallest absolute Gasteiger partial charge is 0.226 e. The van der Waals surface area contributed by atoms with Crippen LogP contribution in [-0.2, 0) is 0 Å². The zero-order chi connectivity index (χ0) is 13.7. The number of aromatic nitrogens is 2. The third-order valence-electron chi connectivity index (χ3n) is 2.72. The lowest BCUT2D eigenvalue weighted by Gasteiger charge is -2.13. The van der Waals surface area contributed by atoms with Gasteiger partial charge in [0.15, 0.2) is 0 Å². The summed E-state index contributed by atoms with van der Waals surface area (Å²) in [6.45, 7) is 2.34. The molecule has 19 heavy (non-hydrogen) atoms. The van der Waals surface area contributed by atoms with Gasteiger partial charge in [-0.05, 0) is 12.5 Å². The van der Waals surface area contributed by atoms with Crippen molar-refractivity contribution in [1.29, 1.82) is 0 Å². The zero-order valence-corrected chi connectivity index (χ0v) is 11.0. The minimum atomic E-state index is -0.602. The number of aliphatic hydroxyl groups excluding tert-OH is 1. The standard InChI is InChI=1S/C14H17N3O2/c1-10-4-3-5-11(8-10)12(18)9-16-14-15-7-6-13(17-14)19-2/h3-8,12,18H,9H2,1-2H3,(H,15,16,17). The van der Waals surface area contributed by atoms with Crippen LogP contribution in [0.5, 0.6) is 5.88 Å². The van der Waals surface area contributed by atoms with Crippen LogP contribution in [0, 0.1) is 6.92 Å². The van der Waals surface area contributed by atoms with Crippen LogP contribution in [0.1, 0.15) is 17.2 Å². The highest BCUT2D eigenvalue weighted by Crippen LogP contribution is 2.15. The quantitative estimate of drug-likeness (QED) is 0.859. The number of hydrogen-bond acceptors (Lipinski definition) is 5. The normalized spacial score (nSPS) is 11.9. The molecule has 5 heteroatoms. The Morgan fingerprint density at radius 2 is 2.21 bits per heavy atom. The van der Waals surface area contributed by atoms with E-state index in [1.807, 2.05) is 31.2 Å². The molecule has 2 aromatic rings. The van der Waals surface area contributed by atoms with Gasteiger partial charge >= 0.3 is 0 Å². The third-order valence-corrected chi connectivity index (χ3v) is 2.72. The second-order valence-electron chi connectivity index (χ2n) is 4.23. The van der Waals surface area contributed by atoms with Crippen LogP contribution in [0.3, 0.4) is 0 Å². The minimum Gasteiger partial charge on any atom is -0.481 e. The fourth-order valence-electron chi connectivity index (χ4n) is 1.72. The number of aryl methyl sites for hydroxylation is 1. The van der Waals surface area contributed by atoms with E-state index in [0.29, 0.717) is 18.4 Å². The summed E-state index contributed by atoms with van der Waals surface area (Å²) in [5.41, 5.74) is 1.99. The number of methoxy groups -OCH3 is 1. The monoisotopic (exact) mass is 259 g/mol. The predicted octanol–water partition coefficient (Wildman–Crippen LogP) is 1.94. The van der Waals surface area contributed by atoms with E-state index in [9.17, 15) is 5.11 Å². The van der Waals surface area contributed by atoms with Crippen molar-refractivity contribution in [2.45, 2.75) is 13.0 Å². The Bertz CT molecular complexity index is 546. The fraction of sp³-hybridized carbons (Fsp3) is 0.286. The summed E-state index contributed by atoms with van der Waals surface area (Å²) >= 11 is 0. The highest BCUT2D eigenvalue weighted by atomic mass is 16.5. The first-order chi connectivity index (χ1) is 9.19. The molecule has 100 valence electrons. The first-order valence-electron chi connectivity index (χ1n) is 6.04. The van der Waals surface area contributed by atoms with Gasteiger partial charge in [-0.3, -0.25) is 0 Å². The van der Waals surface area contributed by atoms with Gasteiger partial charge in [0.1, 0.15) is 0 Å². The Labute approximate surface area is 112 Å². The molecule has 0 amide bonds. The minimum absolute atomic E-state index is 0.344. The first kappa shape index (κ1) is 13.3. The third kappa shape index (κ3) is 3.66. The van der Waals surface area contributed by atoms with Gasteiger partial charge in [0.05, 0.1) is 13.2 Å². The predicted molar refractivity (Wildman–Crippen MR) is 73.2 cm³/mol. The molecule has 1 aromatic heterocycles. The van der Waals surface area contributed by atoms with E-state index in [2.05, 4.69) is 15.3 Å². The number of anilines is 1. The molecule has 0 fully saturated rings. The Balaban J connectivity index is 1.98. The summed E-state index contributed by atoms with van der Waals surface area (Å²) < 4.78 is 5.01. The molecule has 1 unspecified atom stereocenters. The molecule has 0 saturated heterocycles. The van der Waals surface area contributed by atoms with Crippen molar-refractivity contribution in [3.8, 4) is 5.88 Å². The molecular weight excluding hydrogens is 242 g/mol. The van der Waals surface area contributed by atoms with Gasteiger partial charge in [-0.2, -0.15) is 4.98 Å².